The predicted octanol–water partition coefficient (Wildman–Crippen LogP) is 1.79. The SMILES string of the molecule is C=CCn1c2c(ccc1=O)CC(NC(=O)NCc1cccnc1)CC2. The number of hydrogen-bond donors (Lipinski definition) is 2. The summed E-state index contributed by atoms with van der Waals surface area (Å²) in [6.45, 7) is 4.68. The van der Waals surface area contributed by atoms with Gasteiger partial charge in [-0.15, -0.1) is 6.58 Å². The second-order valence-electron chi connectivity index (χ2n) is 6.17. The number of pyridine rings is 2. The van der Waals surface area contributed by atoms with Gasteiger partial charge in [0.25, 0.3) is 5.56 Å². The average Bonchev–Trinajstić information content (AvgIpc) is 2.63. The Kier molecular flexibility index (Phi) is 5.28. The van der Waals surface area contributed by atoms with Crippen molar-refractivity contribution in [1.29, 1.82) is 0 Å². The number of nitrogens with one attached hydrogen (secondary N) is 2. The zero-order chi connectivity index (χ0) is 17.6. The van der Waals surface area contributed by atoms with Gasteiger partial charge < -0.3 is 15.2 Å². The Labute approximate surface area is 146 Å². The average molecular weight is 338 g/mol. The summed E-state index contributed by atoms with van der Waals surface area (Å²) in [6, 6.07) is 7.11. The normalized spacial score (nSPS) is 15.9. The molecule has 0 saturated carbocycles. The second kappa shape index (κ2) is 7.79. The lowest BCUT2D eigenvalue weighted by molar-refractivity contribution is 0.235. The van der Waals surface area contributed by atoms with E-state index in [0.29, 0.717) is 13.1 Å². The molecule has 1 aliphatic rings. The Morgan fingerprint density at radius 3 is 3.04 bits per heavy atom. The number of fused-ring (bicyclic) bond motifs is 1. The van der Waals surface area contributed by atoms with Crippen LogP contribution in [-0.2, 0) is 25.9 Å². The van der Waals surface area contributed by atoms with E-state index in [4.69, 9.17) is 0 Å². The molecule has 1 atom stereocenters. The summed E-state index contributed by atoms with van der Waals surface area (Å²) >= 11 is 0. The minimum Gasteiger partial charge on any atom is -0.335 e. The maximum absolute atomic E-state index is 12.1. The maximum Gasteiger partial charge on any atom is 0.315 e. The third kappa shape index (κ3) is 4.15. The number of amides is 2. The van der Waals surface area contributed by atoms with Gasteiger partial charge in [0.15, 0.2) is 0 Å². The first-order valence-corrected chi connectivity index (χ1v) is 8.43. The van der Waals surface area contributed by atoms with Crippen LogP contribution in [0, 0.1) is 0 Å². The number of carbonyl (C=O) groups is 1. The van der Waals surface area contributed by atoms with Crippen molar-refractivity contribution in [3.8, 4) is 0 Å². The largest absolute Gasteiger partial charge is 0.335 e. The first kappa shape index (κ1) is 17.0. The minimum atomic E-state index is -0.184. The van der Waals surface area contributed by atoms with Crippen LogP contribution in [0.4, 0.5) is 4.79 Å². The summed E-state index contributed by atoms with van der Waals surface area (Å²) in [5, 5.41) is 5.87. The molecule has 130 valence electrons. The van der Waals surface area contributed by atoms with Crippen LogP contribution in [-0.4, -0.2) is 21.6 Å². The van der Waals surface area contributed by atoms with Crippen LogP contribution in [0.1, 0.15) is 23.2 Å². The fourth-order valence-electron chi connectivity index (χ4n) is 3.20. The van der Waals surface area contributed by atoms with E-state index in [2.05, 4.69) is 22.2 Å². The molecule has 2 N–H and O–H groups in total. The molecule has 2 aromatic rings. The van der Waals surface area contributed by atoms with Gasteiger partial charge in [0, 0.05) is 43.3 Å². The van der Waals surface area contributed by atoms with Gasteiger partial charge in [-0.1, -0.05) is 18.2 Å². The molecule has 2 amide bonds. The molecule has 1 aliphatic carbocycles. The number of hydrogen-bond acceptors (Lipinski definition) is 3. The minimum absolute atomic E-state index is 0.000673. The van der Waals surface area contributed by atoms with Gasteiger partial charge in [0.05, 0.1) is 0 Å². The van der Waals surface area contributed by atoms with Gasteiger partial charge in [-0.3, -0.25) is 9.78 Å². The Bertz CT molecular complexity index is 814. The number of carbonyl (C=O) groups excluding carboxylic acids is 1. The van der Waals surface area contributed by atoms with E-state index in [-0.39, 0.29) is 17.6 Å². The highest BCUT2D eigenvalue weighted by atomic mass is 16.2. The summed E-state index contributed by atoms with van der Waals surface area (Å²) < 4.78 is 1.76. The topological polar surface area (TPSA) is 76.0 Å². The Morgan fingerprint density at radius 2 is 2.28 bits per heavy atom. The summed E-state index contributed by atoms with van der Waals surface area (Å²) in [6.07, 6.45) is 7.48. The standard InChI is InChI=1S/C19H22N4O2/c1-2-10-23-17-7-6-16(11-15(17)5-8-18(23)24)22-19(25)21-13-14-4-3-9-20-12-14/h2-5,8-9,12,16H,1,6-7,10-11,13H2,(H2,21,22,25). The first-order chi connectivity index (χ1) is 12.2. The van der Waals surface area contributed by atoms with E-state index in [1.165, 1.54) is 0 Å². The zero-order valence-electron chi connectivity index (χ0n) is 14.1. The van der Waals surface area contributed by atoms with Gasteiger partial charge in [-0.05, 0) is 36.5 Å². The lowest BCUT2D eigenvalue weighted by Gasteiger charge is -2.27. The third-order valence-electron chi connectivity index (χ3n) is 4.41. The van der Waals surface area contributed by atoms with Crippen molar-refractivity contribution >= 4 is 6.03 Å². The van der Waals surface area contributed by atoms with Gasteiger partial charge in [0.2, 0.25) is 0 Å². The molecule has 0 fully saturated rings. The highest BCUT2D eigenvalue weighted by Gasteiger charge is 2.22. The van der Waals surface area contributed by atoms with Gasteiger partial charge in [-0.25, -0.2) is 4.79 Å². The smallest absolute Gasteiger partial charge is 0.315 e. The molecule has 25 heavy (non-hydrogen) atoms. The summed E-state index contributed by atoms with van der Waals surface area (Å²) in [5.41, 5.74) is 3.13. The van der Waals surface area contributed by atoms with E-state index in [1.807, 2.05) is 18.2 Å². The molecule has 6 nitrogen and oxygen atoms in total. The molecule has 0 spiro atoms. The van der Waals surface area contributed by atoms with Crippen molar-refractivity contribution in [3.05, 3.63) is 76.5 Å². The second-order valence-corrected chi connectivity index (χ2v) is 6.17. The van der Waals surface area contributed by atoms with E-state index >= 15 is 0 Å². The van der Waals surface area contributed by atoms with Crippen LogP contribution in [0.15, 0.2) is 54.1 Å². The lowest BCUT2D eigenvalue weighted by Crippen LogP contribution is -2.45. The molecule has 3 rings (SSSR count). The summed E-state index contributed by atoms with van der Waals surface area (Å²) in [4.78, 5) is 28.1. The van der Waals surface area contributed by atoms with Crippen molar-refractivity contribution in [2.75, 3.05) is 0 Å². The Morgan fingerprint density at radius 1 is 1.40 bits per heavy atom. The lowest BCUT2D eigenvalue weighted by atomic mass is 9.91. The van der Waals surface area contributed by atoms with E-state index < -0.39 is 0 Å². The predicted molar refractivity (Wildman–Crippen MR) is 96.3 cm³/mol. The third-order valence-corrected chi connectivity index (χ3v) is 4.41. The molecular formula is C19H22N4O2. The summed E-state index contributed by atoms with van der Waals surface area (Å²) in [5.74, 6) is 0. The number of urea groups is 1. The van der Waals surface area contributed by atoms with E-state index in [1.54, 1.807) is 29.1 Å². The van der Waals surface area contributed by atoms with Gasteiger partial charge in [0.1, 0.15) is 0 Å². The van der Waals surface area contributed by atoms with E-state index in [0.717, 1.165) is 36.1 Å². The van der Waals surface area contributed by atoms with Crippen molar-refractivity contribution in [3.63, 3.8) is 0 Å². The number of aromatic nitrogens is 2. The van der Waals surface area contributed by atoms with Crippen LogP contribution in [0.5, 0.6) is 0 Å². The summed E-state index contributed by atoms with van der Waals surface area (Å²) in [7, 11) is 0. The number of nitrogens with zero attached hydrogens (tertiary/aromatic N) is 2. The van der Waals surface area contributed by atoms with Crippen LogP contribution < -0.4 is 16.2 Å². The van der Waals surface area contributed by atoms with Crippen LogP contribution in [0.25, 0.3) is 0 Å². The van der Waals surface area contributed by atoms with Crippen molar-refractivity contribution < 1.29 is 4.79 Å². The first-order valence-electron chi connectivity index (χ1n) is 8.43. The van der Waals surface area contributed by atoms with Crippen LogP contribution >= 0.6 is 0 Å². The Balaban J connectivity index is 1.59. The van der Waals surface area contributed by atoms with Crippen LogP contribution in [0.3, 0.4) is 0 Å². The fourth-order valence-corrected chi connectivity index (χ4v) is 3.20. The van der Waals surface area contributed by atoms with Gasteiger partial charge >= 0.3 is 6.03 Å². The monoisotopic (exact) mass is 338 g/mol. The zero-order valence-corrected chi connectivity index (χ0v) is 14.1. The molecular weight excluding hydrogens is 316 g/mol. The fraction of sp³-hybridized carbons (Fsp3) is 0.316. The number of allylic oxidation sites excluding steroid dienone is 1. The molecule has 1 unspecified atom stereocenters. The number of rotatable bonds is 5. The molecule has 0 saturated heterocycles. The van der Waals surface area contributed by atoms with Crippen LogP contribution in [0.2, 0.25) is 0 Å². The van der Waals surface area contributed by atoms with E-state index in [9.17, 15) is 9.59 Å². The quantitative estimate of drug-likeness (QED) is 0.816. The van der Waals surface area contributed by atoms with Gasteiger partial charge in [-0.2, -0.15) is 0 Å². The highest BCUT2D eigenvalue weighted by molar-refractivity contribution is 5.74. The molecule has 0 bridgehead atoms. The molecule has 2 heterocycles. The molecule has 0 radical (unpaired) electrons. The maximum atomic E-state index is 12.1. The van der Waals surface area contributed by atoms with Crippen molar-refractivity contribution in [1.82, 2.24) is 20.2 Å². The van der Waals surface area contributed by atoms with Crippen molar-refractivity contribution in [2.45, 2.75) is 38.4 Å². The molecule has 6 heteroatoms. The molecule has 0 aliphatic heterocycles. The Hall–Kier alpha value is -2.89. The van der Waals surface area contributed by atoms with Crippen molar-refractivity contribution in [2.24, 2.45) is 0 Å². The molecule has 2 aromatic heterocycles. The highest BCUT2D eigenvalue weighted by Crippen LogP contribution is 2.20. The molecule has 0 aromatic carbocycles.